The Labute approximate surface area is 202 Å². The first-order valence-electron chi connectivity index (χ1n) is 11.0. The average Bonchev–Trinajstić information content (AvgIpc) is 3.27. The van der Waals surface area contributed by atoms with Crippen molar-refractivity contribution in [3.63, 3.8) is 0 Å². The molecule has 1 N–H and O–H groups in total. The van der Waals surface area contributed by atoms with Crippen LogP contribution < -0.4 is 10.9 Å². The van der Waals surface area contributed by atoms with E-state index in [2.05, 4.69) is 21.5 Å². The van der Waals surface area contributed by atoms with Crippen LogP contribution in [-0.2, 0) is 31.0 Å². The fourth-order valence-corrected chi connectivity index (χ4v) is 3.64. The lowest BCUT2D eigenvalue weighted by Gasteiger charge is -2.07. The second-order valence-corrected chi connectivity index (χ2v) is 7.90. The van der Waals surface area contributed by atoms with E-state index in [0.29, 0.717) is 35.6 Å². The Morgan fingerprint density at radius 3 is 2.54 bits per heavy atom. The fourth-order valence-electron chi connectivity index (χ4n) is 3.64. The van der Waals surface area contributed by atoms with Crippen LogP contribution in [0.2, 0.25) is 0 Å². The van der Waals surface area contributed by atoms with Crippen molar-refractivity contribution in [1.29, 1.82) is 5.26 Å². The van der Waals surface area contributed by atoms with Crippen molar-refractivity contribution in [1.82, 2.24) is 24.6 Å². The molecule has 4 aromatic rings. The van der Waals surface area contributed by atoms with E-state index in [1.165, 1.54) is 6.07 Å². The van der Waals surface area contributed by atoms with Gasteiger partial charge in [0, 0.05) is 31.8 Å². The summed E-state index contributed by atoms with van der Waals surface area (Å²) in [5, 5.41) is 16.5. The highest BCUT2D eigenvalue weighted by Gasteiger charge is 2.17. The largest absolute Gasteiger partial charge is 0.378 e. The number of nitrogens with one attached hydrogen (secondary N) is 1. The number of carbonyl (C=O) groups is 1. The number of ether oxygens (including phenoxy) is 1. The van der Waals surface area contributed by atoms with Gasteiger partial charge < -0.3 is 14.6 Å². The molecule has 0 aliphatic heterocycles. The number of rotatable bonds is 9. The molecular formula is C26H24N6O3. The molecule has 176 valence electrons. The molecule has 0 saturated heterocycles. The monoisotopic (exact) mass is 468 g/mol. The van der Waals surface area contributed by atoms with Gasteiger partial charge in [-0.05, 0) is 29.3 Å². The second-order valence-electron chi connectivity index (χ2n) is 7.90. The minimum Gasteiger partial charge on any atom is -0.378 e. The first-order chi connectivity index (χ1) is 17.1. The first-order valence-corrected chi connectivity index (χ1v) is 11.0. The Bertz CT molecular complexity index is 1420. The highest BCUT2D eigenvalue weighted by Crippen LogP contribution is 2.13. The number of pyridine rings is 2. The third kappa shape index (κ3) is 5.88. The molecule has 35 heavy (non-hydrogen) atoms. The number of methoxy groups -OCH3 is 1. The van der Waals surface area contributed by atoms with Crippen molar-refractivity contribution in [2.45, 2.75) is 26.2 Å². The topological polar surface area (TPSA) is 115 Å². The lowest BCUT2D eigenvalue weighted by atomic mass is 10.1. The summed E-state index contributed by atoms with van der Waals surface area (Å²) in [4.78, 5) is 29.0. The lowest BCUT2D eigenvalue weighted by Crippen LogP contribution is -2.24. The molecule has 0 fully saturated rings. The Morgan fingerprint density at radius 2 is 1.83 bits per heavy atom. The van der Waals surface area contributed by atoms with Crippen LogP contribution >= 0.6 is 0 Å². The van der Waals surface area contributed by atoms with Gasteiger partial charge in [-0.15, -0.1) is 0 Å². The molecule has 1 aromatic carbocycles. The van der Waals surface area contributed by atoms with Crippen molar-refractivity contribution >= 4 is 5.91 Å². The summed E-state index contributed by atoms with van der Waals surface area (Å²) in [5.74, 6) is -0.318. The molecule has 3 heterocycles. The van der Waals surface area contributed by atoms with Crippen LogP contribution in [0.4, 0.5) is 0 Å². The quantitative estimate of drug-likeness (QED) is 0.404. The lowest BCUT2D eigenvalue weighted by molar-refractivity contribution is 0.0945. The molecule has 0 unspecified atom stereocenters. The van der Waals surface area contributed by atoms with Gasteiger partial charge in [-0.2, -0.15) is 10.4 Å². The van der Waals surface area contributed by atoms with Crippen molar-refractivity contribution in [2.75, 3.05) is 7.11 Å². The second kappa shape index (κ2) is 11.0. The highest BCUT2D eigenvalue weighted by molar-refractivity contribution is 5.95. The van der Waals surface area contributed by atoms with Gasteiger partial charge in [0.15, 0.2) is 0 Å². The molecule has 0 atom stereocenters. The summed E-state index contributed by atoms with van der Waals surface area (Å²) in [7, 11) is 1.55. The molecule has 9 heteroatoms. The standard InChI is InChI=1S/C26H24N6O3/c1-35-18-24-22(26(34)29-14-23-21(13-27)5-4-11-28-23)17-32(30-24)16-20-9-7-19(8-10-20)15-31-12-3-2-6-25(31)33/h2-12,17H,14-16,18H2,1H3,(H,29,34). The summed E-state index contributed by atoms with van der Waals surface area (Å²) < 4.78 is 8.57. The van der Waals surface area contributed by atoms with E-state index in [-0.39, 0.29) is 24.6 Å². The normalized spacial score (nSPS) is 10.6. The van der Waals surface area contributed by atoms with Gasteiger partial charge in [0.2, 0.25) is 0 Å². The van der Waals surface area contributed by atoms with Crippen LogP contribution in [0.25, 0.3) is 0 Å². The van der Waals surface area contributed by atoms with E-state index >= 15 is 0 Å². The molecule has 9 nitrogen and oxygen atoms in total. The van der Waals surface area contributed by atoms with Crippen LogP contribution in [0.1, 0.15) is 38.4 Å². The Balaban J connectivity index is 1.45. The van der Waals surface area contributed by atoms with E-state index in [4.69, 9.17) is 4.74 Å². The summed E-state index contributed by atoms with van der Waals surface area (Å²) in [6, 6.07) is 18.4. The molecule has 4 rings (SSSR count). The predicted octanol–water partition coefficient (Wildman–Crippen LogP) is 2.48. The van der Waals surface area contributed by atoms with Gasteiger partial charge in [0.1, 0.15) is 11.8 Å². The SMILES string of the molecule is COCc1nn(Cc2ccc(Cn3ccccc3=O)cc2)cc1C(=O)NCc1ncccc1C#N. The third-order valence-electron chi connectivity index (χ3n) is 5.41. The Morgan fingerprint density at radius 1 is 1.06 bits per heavy atom. The number of carbonyl (C=O) groups excluding carboxylic acids is 1. The zero-order valence-electron chi connectivity index (χ0n) is 19.2. The summed E-state index contributed by atoms with van der Waals surface area (Å²) in [6.45, 7) is 1.28. The average molecular weight is 469 g/mol. The molecule has 0 radical (unpaired) electrons. The van der Waals surface area contributed by atoms with E-state index in [1.54, 1.807) is 53.1 Å². The molecule has 1 amide bonds. The van der Waals surface area contributed by atoms with E-state index in [1.807, 2.05) is 30.3 Å². The number of nitriles is 1. The Kier molecular flexibility index (Phi) is 7.45. The minimum absolute atomic E-state index is 0.0449. The van der Waals surface area contributed by atoms with Gasteiger partial charge in [-0.1, -0.05) is 30.3 Å². The van der Waals surface area contributed by atoms with Crippen LogP contribution in [0.3, 0.4) is 0 Å². The van der Waals surface area contributed by atoms with Gasteiger partial charge in [-0.25, -0.2) is 0 Å². The smallest absolute Gasteiger partial charge is 0.255 e. The van der Waals surface area contributed by atoms with Crippen molar-refractivity contribution in [2.24, 2.45) is 0 Å². The summed E-state index contributed by atoms with van der Waals surface area (Å²) >= 11 is 0. The van der Waals surface area contributed by atoms with Gasteiger partial charge >= 0.3 is 0 Å². The summed E-state index contributed by atoms with van der Waals surface area (Å²) in [6.07, 6.45) is 5.03. The predicted molar refractivity (Wildman–Crippen MR) is 128 cm³/mol. The summed E-state index contributed by atoms with van der Waals surface area (Å²) in [5.41, 5.74) is 3.81. The molecule has 0 spiro atoms. The molecule has 0 saturated carbocycles. The van der Waals surface area contributed by atoms with Gasteiger partial charge in [0.25, 0.3) is 11.5 Å². The Hall–Kier alpha value is -4.55. The number of nitrogens with zero attached hydrogens (tertiary/aromatic N) is 5. The first kappa shape index (κ1) is 23.6. The minimum atomic E-state index is -0.318. The van der Waals surface area contributed by atoms with Crippen molar-refractivity contribution in [3.8, 4) is 6.07 Å². The van der Waals surface area contributed by atoms with Gasteiger partial charge in [0.05, 0.1) is 43.1 Å². The molecule has 0 aliphatic rings. The molecule has 3 aromatic heterocycles. The maximum atomic E-state index is 12.9. The zero-order chi connectivity index (χ0) is 24.6. The molecule has 0 bridgehead atoms. The number of amides is 1. The van der Waals surface area contributed by atoms with E-state index in [0.717, 1.165) is 11.1 Å². The number of hydrogen-bond acceptors (Lipinski definition) is 6. The highest BCUT2D eigenvalue weighted by atomic mass is 16.5. The fraction of sp³-hybridized carbons (Fsp3) is 0.192. The van der Waals surface area contributed by atoms with Crippen molar-refractivity contribution in [3.05, 3.63) is 117 Å². The third-order valence-corrected chi connectivity index (χ3v) is 5.41. The van der Waals surface area contributed by atoms with Crippen LogP contribution in [0.15, 0.2) is 78.0 Å². The van der Waals surface area contributed by atoms with Gasteiger partial charge in [-0.3, -0.25) is 19.3 Å². The van der Waals surface area contributed by atoms with Crippen LogP contribution in [0.5, 0.6) is 0 Å². The van der Waals surface area contributed by atoms with Crippen molar-refractivity contribution < 1.29 is 9.53 Å². The van der Waals surface area contributed by atoms with E-state index < -0.39 is 0 Å². The number of aromatic nitrogens is 4. The van der Waals surface area contributed by atoms with Crippen LogP contribution in [-0.4, -0.2) is 32.3 Å². The zero-order valence-corrected chi connectivity index (χ0v) is 19.2. The maximum absolute atomic E-state index is 12.9. The molecular weight excluding hydrogens is 444 g/mol. The number of hydrogen-bond donors (Lipinski definition) is 1. The van der Waals surface area contributed by atoms with Crippen LogP contribution in [0, 0.1) is 11.3 Å². The van der Waals surface area contributed by atoms with E-state index in [9.17, 15) is 14.9 Å². The number of benzene rings is 1. The maximum Gasteiger partial charge on any atom is 0.255 e. The molecule has 0 aliphatic carbocycles.